The number of carbonyl (C=O) groups is 2. The van der Waals surface area contributed by atoms with Gasteiger partial charge in [-0.15, -0.1) is 10.2 Å². The van der Waals surface area contributed by atoms with Gasteiger partial charge in [-0.1, -0.05) is 58.8 Å². The lowest BCUT2D eigenvalue weighted by molar-refractivity contribution is -0.116. The highest BCUT2D eigenvalue weighted by molar-refractivity contribution is 9.10. The first-order valence-corrected chi connectivity index (χ1v) is 13.7. The van der Waals surface area contributed by atoms with Gasteiger partial charge in [0.1, 0.15) is 5.01 Å². The Hall–Kier alpha value is -3.18. The van der Waals surface area contributed by atoms with Crippen molar-refractivity contribution in [1.29, 1.82) is 0 Å². The zero-order valence-electron chi connectivity index (χ0n) is 21.3. The van der Waals surface area contributed by atoms with Crippen LogP contribution in [0.2, 0.25) is 0 Å². The molecule has 198 valence electrons. The number of aromatic nitrogens is 2. The number of amides is 3. The normalized spacial score (nSPS) is 10.6. The van der Waals surface area contributed by atoms with Crippen molar-refractivity contribution < 1.29 is 19.1 Å². The van der Waals surface area contributed by atoms with E-state index in [0.717, 1.165) is 33.4 Å². The predicted molar refractivity (Wildman–Crippen MR) is 149 cm³/mol. The van der Waals surface area contributed by atoms with E-state index >= 15 is 0 Å². The summed E-state index contributed by atoms with van der Waals surface area (Å²) < 4.78 is 11.7. The highest BCUT2D eigenvalue weighted by Gasteiger charge is 2.17. The van der Waals surface area contributed by atoms with Crippen LogP contribution in [-0.4, -0.2) is 60.9 Å². The number of ether oxygens (including phenoxy) is 2. The van der Waals surface area contributed by atoms with Crippen LogP contribution in [0.3, 0.4) is 0 Å². The lowest BCUT2D eigenvalue weighted by Gasteiger charge is -2.23. The van der Waals surface area contributed by atoms with Crippen LogP contribution in [0.15, 0.2) is 46.9 Å². The molecule has 0 saturated heterocycles. The van der Waals surface area contributed by atoms with Gasteiger partial charge in [-0.2, -0.15) is 0 Å². The molecular weight excluding hydrogens is 558 g/mol. The Bertz CT molecular complexity index is 1170. The number of benzene rings is 2. The number of nitrogens with zero attached hydrogens (tertiary/aromatic N) is 3. The van der Waals surface area contributed by atoms with Gasteiger partial charge in [0.25, 0.3) is 0 Å². The van der Waals surface area contributed by atoms with Crippen molar-refractivity contribution in [2.24, 2.45) is 0 Å². The minimum Gasteiger partial charge on any atom is -0.493 e. The third kappa shape index (κ3) is 8.71. The molecule has 9 nitrogen and oxygen atoms in total. The van der Waals surface area contributed by atoms with E-state index in [4.69, 9.17) is 9.47 Å². The Kier molecular flexibility index (Phi) is 11.2. The van der Waals surface area contributed by atoms with Crippen molar-refractivity contribution in [3.8, 4) is 22.1 Å². The Labute approximate surface area is 229 Å². The fourth-order valence-corrected chi connectivity index (χ4v) is 4.53. The summed E-state index contributed by atoms with van der Waals surface area (Å²) in [5.74, 6) is 1.06. The quantitative estimate of drug-likeness (QED) is 0.260. The SMILES string of the molecule is CCCCNC(=O)N(CCC(=O)Nc1nnc(-c2ccc(Br)cc2)s1)CCc1ccc(OC)c(OC)c1. The van der Waals surface area contributed by atoms with E-state index in [9.17, 15) is 9.59 Å². The van der Waals surface area contributed by atoms with Crippen LogP contribution < -0.4 is 20.1 Å². The Morgan fingerprint density at radius 1 is 1.03 bits per heavy atom. The molecule has 2 N–H and O–H groups in total. The average molecular weight is 591 g/mol. The molecule has 1 aromatic heterocycles. The van der Waals surface area contributed by atoms with E-state index in [1.54, 1.807) is 19.1 Å². The van der Waals surface area contributed by atoms with Crippen molar-refractivity contribution in [2.75, 3.05) is 39.2 Å². The summed E-state index contributed by atoms with van der Waals surface area (Å²) in [7, 11) is 3.18. The largest absolute Gasteiger partial charge is 0.493 e. The molecule has 0 radical (unpaired) electrons. The summed E-state index contributed by atoms with van der Waals surface area (Å²) in [6.45, 7) is 3.39. The fraction of sp³-hybridized carbons (Fsp3) is 0.385. The van der Waals surface area contributed by atoms with E-state index in [1.165, 1.54) is 11.3 Å². The number of rotatable bonds is 13. The summed E-state index contributed by atoms with van der Waals surface area (Å²) in [6, 6.07) is 13.2. The third-order valence-electron chi connectivity index (χ3n) is 5.58. The van der Waals surface area contributed by atoms with Gasteiger partial charge in [-0.3, -0.25) is 4.79 Å². The molecule has 1 heterocycles. The molecule has 0 aliphatic carbocycles. The number of hydrogen-bond acceptors (Lipinski definition) is 7. The summed E-state index contributed by atoms with van der Waals surface area (Å²) in [5, 5.41) is 15.1. The summed E-state index contributed by atoms with van der Waals surface area (Å²) in [5.41, 5.74) is 1.93. The Morgan fingerprint density at radius 2 is 1.78 bits per heavy atom. The minimum absolute atomic E-state index is 0.139. The summed E-state index contributed by atoms with van der Waals surface area (Å²) in [4.78, 5) is 27.1. The summed E-state index contributed by atoms with van der Waals surface area (Å²) in [6.07, 6.45) is 2.63. The molecule has 3 rings (SSSR count). The summed E-state index contributed by atoms with van der Waals surface area (Å²) >= 11 is 4.72. The first kappa shape index (κ1) is 28.4. The van der Waals surface area contributed by atoms with Crippen molar-refractivity contribution in [3.63, 3.8) is 0 Å². The van der Waals surface area contributed by atoms with Gasteiger partial charge in [0.15, 0.2) is 11.5 Å². The molecule has 2 aromatic carbocycles. The molecule has 0 bridgehead atoms. The molecule has 3 amide bonds. The van der Waals surface area contributed by atoms with Crippen molar-refractivity contribution in [1.82, 2.24) is 20.4 Å². The molecule has 0 unspecified atom stereocenters. The molecule has 0 aliphatic rings. The predicted octanol–water partition coefficient (Wildman–Crippen LogP) is 5.37. The van der Waals surface area contributed by atoms with E-state index < -0.39 is 0 Å². The van der Waals surface area contributed by atoms with Crippen molar-refractivity contribution >= 4 is 44.3 Å². The van der Waals surface area contributed by atoms with Gasteiger partial charge >= 0.3 is 6.03 Å². The van der Waals surface area contributed by atoms with Crippen LogP contribution >= 0.6 is 27.3 Å². The topological polar surface area (TPSA) is 106 Å². The van der Waals surface area contributed by atoms with Gasteiger partial charge in [0, 0.05) is 36.1 Å². The number of hydrogen-bond donors (Lipinski definition) is 2. The molecular formula is C26H32BrN5O4S. The number of anilines is 1. The Balaban J connectivity index is 1.58. The standard InChI is InChI=1S/C26H32BrN5O4S/c1-4-5-14-28-26(34)32(15-12-18-6-11-21(35-2)22(17-18)36-3)16-13-23(33)29-25-31-30-24(37-25)19-7-9-20(27)10-8-19/h6-11,17H,4-5,12-16H2,1-3H3,(H,28,34)(H,29,31,33). The van der Waals surface area contributed by atoms with Crippen LogP contribution in [0.4, 0.5) is 9.93 Å². The molecule has 0 spiro atoms. The lowest BCUT2D eigenvalue weighted by atomic mass is 10.1. The highest BCUT2D eigenvalue weighted by Crippen LogP contribution is 2.28. The second kappa shape index (κ2) is 14.5. The number of unbranched alkanes of at least 4 members (excludes halogenated alkanes) is 1. The first-order valence-electron chi connectivity index (χ1n) is 12.1. The molecule has 0 aliphatic heterocycles. The van der Waals surface area contributed by atoms with Crippen LogP contribution in [0.1, 0.15) is 31.7 Å². The highest BCUT2D eigenvalue weighted by atomic mass is 79.9. The molecule has 0 atom stereocenters. The number of carbonyl (C=O) groups excluding carboxylic acids is 2. The van der Waals surface area contributed by atoms with Crippen LogP contribution in [0.5, 0.6) is 11.5 Å². The van der Waals surface area contributed by atoms with Crippen LogP contribution in [0, 0.1) is 0 Å². The average Bonchev–Trinajstić information content (AvgIpc) is 3.37. The van der Waals surface area contributed by atoms with Crippen LogP contribution in [0.25, 0.3) is 10.6 Å². The maximum atomic E-state index is 12.8. The second-order valence-electron chi connectivity index (χ2n) is 8.23. The molecule has 11 heteroatoms. The van der Waals surface area contributed by atoms with Gasteiger partial charge in [0.05, 0.1) is 14.2 Å². The van der Waals surface area contributed by atoms with Gasteiger partial charge in [0.2, 0.25) is 11.0 Å². The van der Waals surface area contributed by atoms with Crippen molar-refractivity contribution in [2.45, 2.75) is 32.6 Å². The maximum absolute atomic E-state index is 12.8. The number of nitrogens with one attached hydrogen (secondary N) is 2. The minimum atomic E-state index is -0.226. The first-order chi connectivity index (χ1) is 17.9. The zero-order chi connectivity index (χ0) is 26.6. The van der Waals surface area contributed by atoms with Gasteiger partial charge in [-0.25, -0.2) is 4.79 Å². The smallest absolute Gasteiger partial charge is 0.317 e. The number of halogens is 1. The van der Waals surface area contributed by atoms with Gasteiger partial charge < -0.3 is 25.0 Å². The van der Waals surface area contributed by atoms with E-state index in [-0.39, 0.29) is 24.9 Å². The van der Waals surface area contributed by atoms with Gasteiger partial charge in [-0.05, 0) is 42.7 Å². The third-order valence-corrected chi connectivity index (χ3v) is 7.00. The molecule has 0 fully saturated rings. The van der Waals surface area contributed by atoms with E-state index in [1.807, 2.05) is 42.5 Å². The Morgan fingerprint density at radius 3 is 2.49 bits per heavy atom. The molecule has 0 saturated carbocycles. The van der Waals surface area contributed by atoms with Crippen LogP contribution in [-0.2, 0) is 11.2 Å². The lowest BCUT2D eigenvalue weighted by Crippen LogP contribution is -2.42. The van der Waals surface area contributed by atoms with E-state index in [0.29, 0.717) is 36.1 Å². The van der Waals surface area contributed by atoms with E-state index in [2.05, 4.69) is 43.7 Å². The number of methoxy groups -OCH3 is 2. The fourth-order valence-electron chi connectivity index (χ4n) is 3.50. The molecule has 37 heavy (non-hydrogen) atoms. The number of urea groups is 1. The van der Waals surface area contributed by atoms with Crippen molar-refractivity contribution in [3.05, 3.63) is 52.5 Å². The second-order valence-corrected chi connectivity index (χ2v) is 10.1. The monoisotopic (exact) mass is 589 g/mol. The molecule has 3 aromatic rings. The zero-order valence-corrected chi connectivity index (χ0v) is 23.7. The maximum Gasteiger partial charge on any atom is 0.317 e.